The Morgan fingerprint density at radius 2 is 2.11 bits per heavy atom. The third-order valence-corrected chi connectivity index (χ3v) is 3.90. The lowest BCUT2D eigenvalue weighted by Gasteiger charge is -2.06. The molecule has 0 aromatic heterocycles. The fourth-order valence-corrected chi connectivity index (χ4v) is 2.79. The van der Waals surface area contributed by atoms with Crippen LogP contribution in [0.5, 0.6) is 0 Å². The summed E-state index contributed by atoms with van der Waals surface area (Å²) in [6.07, 6.45) is 7.70. The molecule has 0 spiro atoms. The van der Waals surface area contributed by atoms with Crippen LogP contribution in [0.15, 0.2) is 18.2 Å². The zero-order valence-electron chi connectivity index (χ0n) is 12.5. The number of benzene rings is 1. The topological polar surface area (TPSA) is 24.1 Å². The Morgan fingerprint density at radius 1 is 1.21 bits per heavy atom. The molecule has 2 N–H and O–H groups in total. The second kappa shape index (κ2) is 7.54. The van der Waals surface area contributed by atoms with E-state index >= 15 is 0 Å². The summed E-state index contributed by atoms with van der Waals surface area (Å²) in [7, 11) is 0. The Balaban J connectivity index is 1.65. The summed E-state index contributed by atoms with van der Waals surface area (Å²) in [5.41, 5.74) is 4.30. The Kier molecular flexibility index (Phi) is 5.71. The molecule has 1 aromatic carbocycles. The van der Waals surface area contributed by atoms with Gasteiger partial charge in [0.25, 0.3) is 0 Å². The van der Waals surface area contributed by atoms with E-state index < -0.39 is 0 Å². The molecule has 0 fully saturated rings. The predicted molar refractivity (Wildman–Crippen MR) is 83.9 cm³/mol. The average Bonchev–Trinajstić information content (AvgIpc) is 2.77. The molecule has 0 amide bonds. The lowest BCUT2D eigenvalue weighted by atomic mass is 10.0. The van der Waals surface area contributed by atoms with Gasteiger partial charge in [-0.05, 0) is 56.5 Å². The second-order valence-electron chi connectivity index (χ2n) is 5.80. The number of hydrogen-bond donors (Lipinski definition) is 2. The van der Waals surface area contributed by atoms with Crippen molar-refractivity contribution < 1.29 is 0 Å². The monoisotopic (exact) mass is 260 g/mol. The minimum Gasteiger partial charge on any atom is -0.382 e. The van der Waals surface area contributed by atoms with E-state index in [-0.39, 0.29) is 0 Å². The fraction of sp³-hybridized carbons (Fsp3) is 0.647. The van der Waals surface area contributed by atoms with E-state index in [9.17, 15) is 0 Å². The van der Waals surface area contributed by atoms with Gasteiger partial charge in [0.15, 0.2) is 0 Å². The Labute approximate surface area is 118 Å². The molecule has 106 valence electrons. The maximum Gasteiger partial charge on any atom is 0.0375 e. The van der Waals surface area contributed by atoms with E-state index in [0.717, 1.165) is 13.0 Å². The molecule has 1 aliphatic heterocycles. The first-order valence-electron chi connectivity index (χ1n) is 7.88. The summed E-state index contributed by atoms with van der Waals surface area (Å²) in [6.45, 7) is 6.78. The van der Waals surface area contributed by atoms with Crippen molar-refractivity contribution in [2.45, 2.75) is 58.4 Å². The summed E-state index contributed by atoms with van der Waals surface area (Å²) >= 11 is 0. The van der Waals surface area contributed by atoms with Gasteiger partial charge in [-0.15, -0.1) is 0 Å². The van der Waals surface area contributed by atoms with Gasteiger partial charge in [-0.1, -0.05) is 38.3 Å². The normalized spacial score (nSPS) is 17.3. The quantitative estimate of drug-likeness (QED) is 0.696. The molecular formula is C17H28N2. The van der Waals surface area contributed by atoms with Gasteiger partial charge in [-0.25, -0.2) is 0 Å². The highest BCUT2D eigenvalue weighted by Gasteiger charge is 2.16. The van der Waals surface area contributed by atoms with Crippen LogP contribution in [-0.2, 0) is 12.8 Å². The van der Waals surface area contributed by atoms with Gasteiger partial charge in [0, 0.05) is 11.7 Å². The van der Waals surface area contributed by atoms with Crippen molar-refractivity contribution in [2.75, 3.05) is 18.4 Å². The lowest BCUT2D eigenvalue weighted by Crippen LogP contribution is -2.18. The van der Waals surface area contributed by atoms with Crippen molar-refractivity contribution in [2.24, 2.45) is 0 Å². The van der Waals surface area contributed by atoms with E-state index in [0.29, 0.717) is 6.04 Å². The van der Waals surface area contributed by atoms with Crippen molar-refractivity contribution in [3.8, 4) is 0 Å². The molecule has 0 aliphatic carbocycles. The van der Waals surface area contributed by atoms with Gasteiger partial charge in [0.05, 0.1) is 0 Å². The number of anilines is 1. The number of rotatable bonds is 8. The minimum atomic E-state index is 0.599. The molecule has 19 heavy (non-hydrogen) atoms. The molecule has 1 heterocycles. The van der Waals surface area contributed by atoms with Crippen molar-refractivity contribution in [1.29, 1.82) is 0 Å². The van der Waals surface area contributed by atoms with Crippen LogP contribution in [-0.4, -0.2) is 19.1 Å². The molecule has 0 saturated carbocycles. The average molecular weight is 260 g/mol. The molecule has 2 heteroatoms. The first-order chi connectivity index (χ1) is 9.29. The summed E-state index contributed by atoms with van der Waals surface area (Å²) in [4.78, 5) is 0. The van der Waals surface area contributed by atoms with Crippen LogP contribution in [0.1, 0.15) is 50.7 Å². The molecule has 1 aromatic rings. The van der Waals surface area contributed by atoms with Crippen molar-refractivity contribution in [1.82, 2.24) is 5.32 Å². The van der Waals surface area contributed by atoms with E-state index in [1.165, 1.54) is 55.5 Å². The summed E-state index contributed by atoms with van der Waals surface area (Å²) in [5, 5.41) is 7.06. The van der Waals surface area contributed by atoms with Gasteiger partial charge >= 0.3 is 0 Å². The third kappa shape index (κ3) is 4.54. The van der Waals surface area contributed by atoms with Crippen LogP contribution in [0.3, 0.4) is 0 Å². The molecule has 1 atom stereocenters. The van der Waals surface area contributed by atoms with Crippen LogP contribution >= 0.6 is 0 Å². The summed E-state index contributed by atoms with van der Waals surface area (Å²) in [5.74, 6) is 0. The molecule has 2 rings (SSSR count). The molecular weight excluding hydrogens is 232 g/mol. The van der Waals surface area contributed by atoms with Crippen LogP contribution in [0, 0.1) is 0 Å². The smallest absolute Gasteiger partial charge is 0.0375 e. The van der Waals surface area contributed by atoms with E-state index in [1.54, 1.807) is 0 Å². The van der Waals surface area contributed by atoms with Crippen LogP contribution < -0.4 is 10.6 Å². The van der Waals surface area contributed by atoms with Gasteiger partial charge in [0.1, 0.15) is 0 Å². The lowest BCUT2D eigenvalue weighted by molar-refractivity contribution is 0.598. The van der Waals surface area contributed by atoms with Gasteiger partial charge in [-0.3, -0.25) is 0 Å². The molecule has 0 bridgehead atoms. The maximum absolute atomic E-state index is 3.55. The molecule has 2 nitrogen and oxygen atoms in total. The van der Waals surface area contributed by atoms with E-state index in [4.69, 9.17) is 0 Å². The van der Waals surface area contributed by atoms with Crippen LogP contribution in [0.2, 0.25) is 0 Å². The zero-order valence-corrected chi connectivity index (χ0v) is 12.5. The van der Waals surface area contributed by atoms with Crippen LogP contribution in [0.25, 0.3) is 0 Å². The van der Waals surface area contributed by atoms with Gasteiger partial charge < -0.3 is 10.6 Å². The number of nitrogens with one attached hydrogen (secondary N) is 2. The second-order valence-corrected chi connectivity index (χ2v) is 5.80. The Bertz CT molecular complexity index is 387. The Morgan fingerprint density at radius 3 is 2.95 bits per heavy atom. The van der Waals surface area contributed by atoms with Crippen molar-refractivity contribution in [3.63, 3.8) is 0 Å². The van der Waals surface area contributed by atoms with E-state index in [2.05, 4.69) is 42.7 Å². The third-order valence-electron chi connectivity index (χ3n) is 3.90. The number of unbranched alkanes of at least 4 members (excludes halogenated alkanes) is 3. The molecule has 1 aliphatic rings. The maximum atomic E-state index is 3.55. The summed E-state index contributed by atoms with van der Waals surface area (Å²) in [6, 6.07) is 7.49. The molecule has 1 unspecified atom stereocenters. The van der Waals surface area contributed by atoms with E-state index in [1.807, 2.05) is 0 Å². The zero-order chi connectivity index (χ0) is 13.5. The number of hydrogen-bond acceptors (Lipinski definition) is 2. The predicted octanol–water partition coefficient (Wildman–Crippen LogP) is 3.76. The van der Waals surface area contributed by atoms with Gasteiger partial charge in [-0.2, -0.15) is 0 Å². The van der Waals surface area contributed by atoms with Gasteiger partial charge in [0.2, 0.25) is 0 Å². The SMILES string of the molecule is CCCCCCNCCc1ccc2c(c1)CC(C)N2. The van der Waals surface area contributed by atoms with Crippen molar-refractivity contribution in [3.05, 3.63) is 29.3 Å². The largest absolute Gasteiger partial charge is 0.382 e. The highest BCUT2D eigenvalue weighted by molar-refractivity contribution is 5.57. The minimum absolute atomic E-state index is 0.599. The highest BCUT2D eigenvalue weighted by Crippen LogP contribution is 2.26. The number of fused-ring (bicyclic) bond motifs is 1. The van der Waals surface area contributed by atoms with Crippen molar-refractivity contribution >= 4 is 5.69 Å². The Hall–Kier alpha value is -1.02. The van der Waals surface area contributed by atoms with Crippen LogP contribution in [0.4, 0.5) is 5.69 Å². The highest BCUT2D eigenvalue weighted by atomic mass is 14.9. The first kappa shape index (κ1) is 14.4. The fourth-order valence-electron chi connectivity index (χ4n) is 2.79. The standard InChI is InChI=1S/C17H28N2/c1-3-4-5-6-10-18-11-9-15-7-8-17-16(13-15)12-14(2)19-17/h7-8,13-14,18-19H,3-6,9-12H2,1-2H3. The first-order valence-corrected chi connectivity index (χ1v) is 7.88. The molecule has 0 saturated heterocycles. The molecule has 0 radical (unpaired) electrons. The summed E-state index contributed by atoms with van der Waals surface area (Å²) < 4.78 is 0.